The number of rotatable bonds is 7. The molecule has 0 saturated carbocycles. The van der Waals surface area contributed by atoms with E-state index in [2.05, 4.69) is 10.0 Å². The van der Waals surface area contributed by atoms with Crippen LogP contribution in [0.15, 0.2) is 54.6 Å². The van der Waals surface area contributed by atoms with Crippen LogP contribution >= 0.6 is 0 Å². The number of benzene rings is 2. The molecular weight excluding hydrogens is 350 g/mol. The van der Waals surface area contributed by atoms with E-state index in [9.17, 15) is 13.2 Å². The molecule has 1 heterocycles. The highest BCUT2D eigenvalue weighted by atomic mass is 32.2. The summed E-state index contributed by atoms with van der Waals surface area (Å²) in [4.78, 5) is 13.5. The van der Waals surface area contributed by atoms with Crippen molar-refractivity contribution in [2.75, 3.05) is 28.5 Å². The molecule has 1 aliphatic rings. The number of amides is 2. The molecule has 2 N–H and O–H groups in total. The summed E-state index contributed by atoms with van der Waals surface area (Å²) < 4.78 is 27.1. The largest absolute Gasteiger partial charge is 0.338 e. The van der Waals surface area contributed by atoms with E-state index in [1.165, 1.54) is 0 Å². The molecule has 26 heavy (non-hydrogen) atoms. The van der Waals surface area contributed by atoms with Gasteiger partial charge in [-0.05, 0) is 49.1 Å². The number of nitrogens with zero attached hydrogens (tertiary/aromatic N) is 1. The van der Waals surface area contributed by atoms with Crippen LogP contribution < -0.4 is 14.9 Å². The Morgan fingerprint density at radius 3 is 2.46 bits per heavy atom. The molecule has 0 bridgehead atoms. The molecule has 1 aliphatic heterocycles. The zero-order valence-corrected chi connectivity index (χ0v) is 15.3. The van der Waals surface area contributed by atoms with Gasteiger partial charge in [0.05, 0.1) is 5.75 Å². The number of carbonyl (C=O) groups excluding carboxylic acids is 1. The Labute approximate surface area is 154 Å². The molecule has 7 heteroatoms. The second-order valence-corrected chi connectivity index (χ2v) is 8.14. The van der Waals surface area contributed by atoms with Gasteiger partial charge in [-0.3, -0.25) is 9.62 Å². The molecule has 0 unspecified atom stereocenters. The first-order valence-electron chi connectivity index (χ1n) is 8.73. The van der Waals surface area contributed by atoms with Crippen molar-refractivity contribution >= 4 is 27.4 Å². The van der Waals surface area contributed by atoms with Crippen molar-refractivity contribution in [3.05, 3.63) is 60.2 Å². The van der Waals surface area contributed by atoms with Crippen LogP contribution in [0.25, 0.3) is 0 Å². The van der Waals surface area contributed by atoms with Gasteiger partial charge < -0.3 is 5.32 Å². The predicted octanol–water partition coefficient (Wildman–Crippen LogP) is 2.98. The molecule has 1 fully saturated rings. The van der Waals surface area contributed by atoms with Crippen LogP contribution in [-0.2, 0) is 16.4 Å². The van der Waals surface area contributed by atoms with E-state index >= 15 is 0 Å². The molecule has 0 aliphatic carbocycles. The molecule has 0 aromatic heterocycles. The number of urea groups is 1. The Morgan fingerprint density at radius 2 is 1.77 bits per heavy atom. The van der Waals surface area contributed by atoms with Crippen LogP contribution in [0.2, 0.25) is 0 Å². The first-order chi connectivity index (χ1) is 12.5. The highest BCUT2D eigenvalue weighted by Crippen LogP contribution is 2.20. The minimum absolute atomic E-state index is 0.0676. The van der Waals surface area contributed by atoms with Gasteiger partial charge in [0.15, 0.2) is 0 Å². The molecular formula is C19H23N3O3S. The summed E-state index contributed by atoms with van der Waals surface area (Å²) >= 11 is 0. The standard InChI is InChI=1S/C19H23N3O3S/c23-19-20-13-5-14-22(19)18-11-9-17(10-12-18)21-26(24,25)15-4-8-16-6-2-1-3-7-16/h1-3,6-7,9-12,21H,4-5,8,13-15H2,(H,20,23). The van der Waals surface area contributed by atoms with E-state index in [0.717, 1.165) is 24.1 Å². The Morgan fingerprint density at radius 1 is 1.04 bits per heavy atom. The molecule has 138 valence electrons. The lowest BCUT2D eigenvalue weighted by molar-refractivity contribution is 0.243. The Kier molecular flexibility index (Phi) is 5.78. The van der Waals surface area contributed by atoms with Crippen LogP contribution in [-0.4, -0.2) is 33.3 Å². The second-order valence-electron chi connectivity index (χ2n) is 6.29. The Bertz CT molecular complexity index is 836. The van der Waals surface area contributed by atoms with Gasteiger partial charge in [0.1, 0.15) is 0 Å². The molecule has 2 aromatic rings. The number of aryl methyl sites for hydroxylation is 1. The van der Waals surface area contributed by atoms with Gasteiger partial charge in [0.25, 0.3) is 0 Å². The smallest absolute Gasteiger partial charge is 0.321 e. The number of hydrogen-bond acceptors (Lipinski definition) is 3. The van der Waals surface area contributed by atoms with Crippen molar-refractivity contribution in [3.63, 3.8) is 0 Å². The van der Waals surface area contributed by atoms with Gasteiger partial charge in [-0.2, -0.15) is 0 Å². The first kappa shape index (κ1) is 18.3. The molecule has 3 rings (SSSR count). The van der Waals surface area contributed by atoms with Gasteiger partial charge in [-0.25, -0.2) is 13.2 Å². The lowest BCUT2D eigenvalue weighted by Crippen LogP contribution is -2.46. The number of sulfonamides is 1. The maximum absolute atomic E-state index is 12.2. The van der Waals surface area contributed by atoms with E-state index < -0.39 is 10.0 Å². The third kappa shape index (κ3) is 4.98. The molecule has 6 nitrogen and oxygen atoms in total. The van der Waals surface area contributed by atoms with Gasteiger partial charge in [0.2, 0.25) is 10.0 Å². The van der Waals surface area contributed by atoms with E-state index in [4.69, 9.17) is 0 Å². The number of hydrogen-bond donors (Lipinski definition) is 2. The fourth-order valence-corrected chi connectivity index (χ4v) is 4.05. The summed E-state index contributed by atoms with van der Waals surface area (Å²) in [5, 5.41) is 2.80. The van der Waals surface area contributed by atoms with Gasteiger partial charge in [-0.1, -0.05) is 30.3 Å². The molecule has 2 aromatic carbocycles. The SMILES string of the molecule is O=C1NCCCN1c1ccc(NS(=O)(=O)CCCc2ccccc2)cc1. The lowest BCUT2D eigenvalue weighted by atomic mass is 10.1. The van der Waals surface area contributed by atoms with E-state index in [-0.39, 0.29) is 11.8 Å². The first-order valence-corrected chi connectivity index (χ1v) is 10.4. The topological polar surface area (TPSA) is 78.5 Å². The highest BCUT2D eigenvalue weighted by molar-refractivity contribution is 7.92. The predicted molar refractivity (Wildman–Crippen MR) is 104 cm³/mol. The van der Waals surface area contributed by atoms with Crippen LogP contribution in [0.4, 0.5) is 16.2 Å². The zero-order chi connectivity index (χ0) is 18.4. The lowest BCUT2D eigenvalue weighted by Gasteiger charge is -2.27. The van der Waals surface area contributed by atoms with Crippen LogP contribution in [0, 0.1) is 0 Å². The average Bonchev–Trinajstić information content (AvgIpc) is 2.63. The Hall–Kier alpha value is -2.54. The minimum atomic E-state index is -3.40. The van der Waals surface area contributed by atoms with Gasteiger partial charge >= 0.3 is 6.03 Å². The summed E-state index contributed by atoms with van der Waals surface area (Å²) in [5.74, 6) is 0.0676. The Balaban J connectivity index is 1.54. The molecule has 0 radical (unpaired) electrons. The maximum Gasteiger partial charge on any atom is 0.321 e. The fourth-order valence-electron chi connectivity index (χ4n) is 2.93. The van der Waals surface area contributed by atoms with Crippen molar-refractivity contribution < 1.29 is 13.2 Å². The highest BCUT2D eigenvalue weighted by Gasteiger charge is 2.19. The molecule has 2 amide bonds. The second kappa shape index (κ2) is 8.23. The van der Waals surface area contributed by atoms with Crippen LogP contribution in [0.3, 0.4) is 0 Å². The van der Waals surface area contributed by atoms with Crippen molar-refractivity contribution in [2.45, 2.75) is 19.3 Å². The third-order valence-corrected chi connectivity index (χ3v) is 5.63. The number of nitrogens with one attached hydrogen (secondary N) is 2. The quantitative estimate of drug-likeness (QED) is 0.783. The van der Waals surface area contributed by atoms with Crippen LogP contribution in [0.1, 0.15) is 18.4 Å². The van der Waals surface area contributed by atoms with Gasteiger partial charge in [0, 0.05) is 24.5 Å². The zero-order valence-electron chi connectivity index (χ0n) is 14.5. The normalized spacial score (nSPS) is 14.8. The summed E-state index contributed by atoms with van der Waals surface area (Å²) in [6, 6.07) is 16.6. The molecule has 1 saturated heterocycles. The maximum atomic E-state index is 12.2. The third-order valence-electron chi connectivity index (χ3n) is 4.25. The fraction of sp³-hybridized carbons (Fsp3) is 0.316. The van der Waals surface area contributed by atoms with Crippen molar-refractivity contribution in [2.24, 2.45) is 0 Å². The molecule has 0 atom stereocenters. The summed E-state index contributed by atoms with van der Waals surface area (Å²) in [6.07, 6.45) is 2.18. The van der Waals surface area contributed by atoms with Crippen LogP contribution in [0.5, 0.6) is 0 Å². The monoisotopic (exact) mass is 373 g/mol. The summed E-state index contributed by atoms with van der Waals surface area (Å²) in [7, 11) is -3.40. The molecule has 0 spiro atoms. The summed E-state index contributed by atoms with van der Waals surface area (Å²) in [6.45, 7) is 1.35. The van der Waals surface area contributed by atoms with E-state index in [0.29, 0.717) is 25.2 Å². The number of anilines is 2. The number of carbonyl (C=O) groups is 1. The van der Waals surface area contributed by atoms with E-state index in [1.807, 2.05) is 30.3 Å². The summed E-state index contributed by atoms with van der Waals surface area (Å²) in [5.41, 5.74) is 2.40. The average molecular weight is 373 g/mol. The minimum Gasteiger partial charge on any atom is -0.338 e. The van der Waals surface area contributed by atoms with E-state index in [1.54, 1.807) is 29.2 Å². The van der Waals surface area contributed by atoms with Crippen molar-refractivity contribution in [1.29, 1.82) is 0 Å². The van der Waals surface area contributed by atoms with Gasteiger partial charge in [-0.15, -0.1) is 0 Å². The van der Waals surface area contributed by atoms with Crippen molar-refractivity contribution in [3.8, 4) is 0 Å². The van der Waals surface area contributed by atoms with Crippen molar-refractivity contribution in [1.82, 2.24) is 5.32 Å².